The molecule has 47 heavy (non-hydrogen) atoms. The van der Waals surface area contributed by atoms with Crippen molar-refractivity contribution in [2.45, 2.75) is 195 Å². The van der Waals surface area contributed by atoms with Gasteiger partial charge in [0.15, 0.2) is 5.76 Å². The summed E-state index contributed by atoms with van der Waals surface area (Å²) >= 11 is 0. The van der Waals surface area contributed by atoms with E-state index in [4.69, 9.17) is 0 Å². The van der Waals surface area contributed by atoms with Crippen molar-refractivity contribution in [3.8, 4) is 0 Å². The summed E-state index contributed by atoms with van der Waals surface area (Å²) < 4.78 is 0. The molecule has 1 N–H and O–H groups in total. The summed E-state index contributed by atoms with van der Waals surface area (Å²) in [5, 5.41) is 11.8. The fourth-order valence-electron chi connectivity index (χ4n) is 7.29. The van der Waals surface area contributed by atoms with Crippen LogP contribution in [0.1, 0.15) is 239 Å². The zero-order valence-electron chi connectivity index (χ0n) is 32.3. The topological polar surface area (TPSA) is 37.3 Å². The zero-order valence-corrected chi connectivity index (χ0v) is 32.3. The Kier molecular flexibility index (Phi) is 18.7. The number of allylic oxidation sites excluding steroid dienone is 1. The van der Waals surface area contributed by atoms with Gasteiger partial charge in [-0.2, -0.15) is 0 Å². The van der Waals surface area contributed by atoms with E-state index in [1.54, 1.807) is 0 Å². The number of rotatable bonds is 23. The maximum atomic E-state index is 14.6. The van der Waals surface area contributed by atoms with E-state index in [9.17, 15) is 9.90 Å². The number of carbonyl (C=O) groups excluding carboxylic acids is 1. The predicted molar refractivity (Wildman–Crippen MR) is 208 cm³/mol. The van der Waals surface area contributed by atoms with Crippen LogP contribution >= 0.6 is 0 Å². The Balaban J connectivity index is 2.79. The van der Waals surface area contributed by atoms with Gasteiger partial charge in [0.2, 0.25) is 5.78 Å². The third-order valence-electron chi connectivity index (χ3n) is 10.8. The molecule has 5 atom stereocenters. The number of benzene rings is 2. The first kappa shape index (κ1) is 40.8. The molecule has 2 aromatic rings. The van der Waals surface area contributed by atoms with E-state index in [2.05, 4.69) is 99.6 Å². The monoisotopic (exact) mass is 645 g/mol. The number of carbonyl (C=O) groups is 1. The zero-order chi connectivity index (χ0) is 34.9. The van der Waals surface area contributed by atoms with E-state index in [0.29, 0.717) is 23.7 Å². The number of hydrogen-bond acceptors (Lipinski definition) is 2. The molecule has 264 valence electrons. The Hall–Kier alpha value is -2.35. The summed E-state index contributed by atoms with van der Waals surface area (Å²) in [6.45, 7) is 22.8. The molecular formula is C45H72O2. The van der Waals surface area contributed by atoms with Gasteiger partial charge in [-0.1, -0.05) is 158 Å². The number of hydrogen-bond donors (Lipinski definition) is 1. The van der Waals surface area contributed by atoms with Crippen LogP contribution in [0.2, 0.25) is 0 Å². The van der Waals surface area contributed by atoms with E-state index in [1.807, 2.05) is 6.08 Å². The molecule has 0 bridgehead atoms. The molecule has 2 rings (SSSR count). The fourth-order valence-corrected chi connectivity index (χ4v) is 7.29. The van der Waals surface area contributed by atoms with Gasteiger partial charge in [-0.05, 0) is 107 Å². The second kappa shape index (κ2) is 21.6. The van der Waals surface area contributed by atoms with Gasteiger partial charge in [-0.15, -0.1) is 0 Å². The summed E-state index contributed by atoms with van der Waals surface area (Å²) in [6, 6.07) is 11.4. The molecule has 0 saturated heterocycles. The Morgan fingerprint density at radius 1 is 0.574 bits per heavy atom. The predicted octanol–water partition coefficient (Wildman–Crippen LogP) is 14.9. The second-order valence-corrected chi connectivity index (χ2v) is 15.0. The van der Waals surface area contributed by atoms with Crippen molar-refractivity contribution in [1.29, 1.82) is 0 Å². The van der Waals surface area contributed by atoms with Crippen LogP contribution in [0.15, 0.2) is 36.1 Å². The largest absolute Gasteiger partial charge is 0.504 e. The molecule has 2 aromatic carbocycles. The van der Waals surface area contributed by atoms with Crippen molar-refractivity contribution < 1.29 is 9.90 Å². The van der Waals surface area contributed by atoms with Crippen molar-refractivity contribution >= 4 is 11.9 Å². The molecule has 5 unspecified atom stereocenters. The molecule has 0 saturated carbocycles. The Morgan fingerprint density at radius 3 is 1.53 bits per heavy atom. The first-order valence-corrected chi connectivity index (χ1v) is 19.8. The molecule has 0 aliphatic heterocycles. The van der Waals surface area contributed by atoms with E-state index < -0.39 is 0 Å². The fraction of sp³-hybridized carbons (Fsp3) is 0.667. The van der Waals surface area contributed by atoms with Crippen LogP contribution in [-0.2, 0) is 0 Å². The van der Waals surface area contributed by atoms with Crippen molar-refractivity contribution in [1.82, 2.24) is 0 Å². The van der Waals surface area contributed by atoms with Gasteiger partial charge in [0.25, 0.3) is 0 Å². The van der Waals surface area contributed by atoms with Crippen LogP contribution in [0.25, 0.3) is 6.08 Å². The number of Topliss-reactive ketones (excluding diaryl/α,β-unsaturated/α-hetero) is 1. The summed E-state index contributed by atoms with van der Waals surface area (Å²) in [5.41, 5.74) is 8.02. The smallest absolute Gasteiger partial charge is 0.227 e. The summed E-state index contributed by atoms with van der Waals surface area (Å²) in [5.74, 6) is 1.47. The average Bonchev–Trinajstić information content (AvgIpc) is 3.08. The van der Waals surface area contributed by atoms with Crippen LogP contribution in [0, 0.1) is 0 Å². The van der Waals surface area contributed by atoms with Crippen LogP contribution < -0.4 is 0 Å². The molecule has 2 nitrogen and oxygen atoms in total. The first-order chi connectivity index (χ1) is 22.5. The van der Waals surface area contributed by atoms with Gasteiger partial charge < -0.3 is 5.11 Å². The molecule has 0 aromatic heterocycles. The van der Waals surface area contributed by atoms with Gasteiger partial charge >= 0.3 is 0 Å². The van der Waals surface area contributed by atoms with E-state index in [0.717, 1.165) is 62.5 Å². The minimum Gasteiger partial charge on any atom is -0.504 e. The Morgan fingerprint density at radius 2 is 1.02 bits per heavy atom. The maximum absolute atomic E-state index is 14.6. The highest BCUT2D eigenvalue weighted by Crippen LogP contribution is 2.39. The van der Waals surface area contributed by atoms with Crippen molar-refractivity contribution in [3.05, 3.63) is 75.0 Å². The lowest BCUT2D eigenvalue weighted by molar-refractivity contribution is 0.0978. The van der Waals surface area contributed by atoms with Gasteiger partial charge in [0.1, 0.15) is 0 Å². The summed E-state index contributed by atoms with van der Waals surface area (Å²) in [6.07, 6.45) is 19.0. The molecule has 0 aliphatic carbocycles. The quantitative estimate of drug-likeness (QED) is 0.0742. The lowest BCUT2D eigenvalue weighted by Crippen LogP contribution is -2.15. The van der Waals surface area contributed by atoms with Crippen molar-refractivity contribution in [2.24, 2.45) is 0 Å². The van der Waals surface area contributed by atoms with Gasteiger partial charge in [0, 0.05) is 5.56 Å². The first-order valence-electron chi connectivity index (χ1n) is 19.8. The van der Waals surface area contributed by atoms with Crippen LogP contribution in [0.3, 0.4) is 0 Å². The van der Waals surface area contributed by atoms with Crippen molar-refractivity contribution in [2.75, 3.05) is 0 Å². The molecule has 2 heteroatoms. The number of ketones is 1. The lowest BCUT2D eigenvalue weighted by atomic mass is 9.78. The van der Waals surface area contributed by atoms with E-state index in [1.165, 1.54) is 72.8 Å². The summed E-state index contributed by atoms with van der Waals surface area (Å²) in [4.78, 5) is 14.6. The van der Waals surface area contributed by atoms with Crippen LogP contribution in [-0.4, -0.2) is 10.9 Å². The number of aliphatic hydroxyl groups excluding tert-OH is 1. The highest BCUT2D eigenvalue weighted by atomic mass is 16.3. The SMILES string of the molecule is CCCCC(C)c1ccc(C(C)CCCC)c(C=C(O)C(=O)c2cc(C(C)CCCC)cc(C(C)CCCC)c2C(C)CCCC)c1. The maximum Gasteiger partial charge on any atom is 0.227 e. The van der Waals surface area contributed by atoms with Crippen molar-refractivity contribution in [3.63, 3.8) is 0 Å². The van der Waals surface area contributed by atoms with E-state index in [-0.39, 0.29) is 17.5 Å². The molecule has 0 fully saturated rings. The molecule has 0 amide bonds. The average molecular weight is 645 g/mol. The normalized spacial score (nSPS) is 15.3. The number of aliphatic hydroxyl groups is 1. The third kappa shape index (κ3) is 12.2. The highest BCUT2D eigenvalue weighted by Gasteiger charge is 2.27. The lowest BCUT2D eigenvalue weighted by Gasteiger charge is -2.26. The summed E-state index contributed by atoms with van der Waals surface area (Å²) in [7, 11) is 0. The van der Waals surface area contributed by atoms with Crippen LogP contribution in [0.5, 0.6) is 0 Å². The van der Waals surface area contributed by atoms with Gasteiger partial charge in [-0.3, -0.25) is 4.79 Å². The minimum atomic E-state index is -0.214. The second-order valence-electron chi connectivity index (χ2n) is 15.0. The van der Waals surface area contributed by atoms with Crippen LogP contribution in [0.4, 0.5) is 0 Å². The minimum absolute atomic E-state index is 0.123. The molecule has 0 radical (unpaired) electrons. The Bertz CT molecular complexity index is 1240. The van der Waals surface area contributed by atoms with Gasteiger partial charge in [0.05, 0.1) is 0 Å². The number of unbranched alkanes of at least 4 members (excludes halogenated alkanes) is 5. The van der Waals surface area contributed by atoms with Gasteiger partial charge in [-0.25, -0.2) is 0 Å². The van der Waals surface area contributed by atoms with E-state index >= 15 is 0 Å². The standard InChI is InChI=1S/C45H72O2/c1-11-16-21-32(6)37-26-27-40(34(8)23-18-13-3)39(28-37)31-43(46)45(47)42-30-38(33(7)22-17-12-2)29-41(35(9)24-19-14-4)44(42)36(10)25-20-15-5/h26-36,46H,11-25H2,1-10H3. The third-order valence-corrected chi connectivity index (χ3v) is 10.8. The molecular weight excluding hydrogens is 572 g/mol. The Labute approximate surface area is 291 Å². The molecule has 0 heterocycles. The molecule has 0 aliphatic rings. The highest BCUT2D eigenvalue weighted by molar-refractivity contribution is 6.11. The molecule has 0 spiro atoms.